The van der Waals surface area contributed by atoms with E-state index in [1.54, 1.807) is 7.11 Å². The molecule has 1 aromatic heterocycles. The molecule has 140 valence electrons. The number of likely N-dealkylation sites (tertiary alicyclic amines) is 1. The number of rotatable bonds is 5. The van der Waals surface area contributed by atoms with Crippen LogP contribution in [-0.4, -0.2) is 47.2 Å². The number of carbonyl (C=O) groups excluding carboxylic acids is 1. The van der Waals surface area contributed by atoms with Crippen LogP contribution in [-0.2, 0) is 4.79 Å². The summed E-state index contributed by atoms with van der Waals surface area (Å²) in [6.07, 6.45) is 2.00. The normalized spacial score (nSPS) is 19.2. The van der Waals surface area contributed by atoms with Gasteiger partial charge in [0.25, 0.3) is 0 Å². The number of hydrogen-bond donors (Lipinski definition) is 1. The number of benzene rings is 1. The van der Waals surface area contributed by atoms with E-state index in [1.807, 2.05) is 39.0 Å². The van der Waals surface area contributed by atoms with E-state index in [1.165, 1.54) is 0 Å². The minimum atomic E-state index is -0.257. The van der Waals surface area contributed by atoms with Crippen LogP contribution in [0.4, 0.5) is 5.69 Å². The van der Waals surface area contributed by atoms with Crippen molar-refractivity contribution >= 4 is 11.6 Å². The Labute approximate surface area is 153 Å². The number of anilines is 1. The molecule has 1 N–H and O–H groups in total. The molecule has 2 aromatic rings. The van der Waals surface area contributed by atoms with Crippen LogP contribution < -0.4 is 10.1 Å². The lowest BCUT2D eigenvalue weighted by atomic mass is 9.96. The lowest BCUT2D eigenvalue weighted by Crippen LogP contribution is -2.46. The number of amides is 1. The van der Waals surface area contributed by atoms with Crippen molar-refractivity contribution in [3.05, 3.63) is 35.5 Å². The van der Waals surface area contributed by atoms with Gasteiger partial charge in [-0.15, -0.1) is 0 Å². The Morgan fingerprint density at radius 3 is 2.92 bits per heavy atom. The number of nitrogens with one attached hydrogen (secondary N) is 1. The van der Waals surface area contributed by atoms with Crippen molar-refractivity contribution in [3.63, 3.8) is 0 Å². The fourth-order valence-electron chi connectivity index (χ4n) is 3.36. The van der Waals surface area contributed by atoms with Gasteiger partial charge in [-0.1, -0.05) is 11.2 Å². The molecule has 0 spiro atoms. The molecule has 1 aromatic carbocycles. The summed E-state index contributed by atoms with van der Waals surface area (Å²) in [4.78, 5) is 19.3. The van der Waals surface area contributed by atoms with Crippen molar-refractivity contribution in [2.24, 2.45) is 0 Å². The van der Waals surface area contributed by atoms with Crippen LogP contribution in [0.15, 0.2) is 22.7 Å². The summed E-state index contributed by atoms with van der Waals surface area (Å²) in [5.74, 6) is 2.11. The number of hydrogen-bond acceptors (Lipinski definition) is 6. The third kappa shape index (κ3) is 4.04. The lowest BCUT2D eigenvalue weighted by molar-refractivity contribution is -0.121. The SMILES string of the molecule is COc1ccc(C)cc1NC(=O)C(C)N1CCCC(c2nc(C)no2)C1. The van der Waals surface area contributed by atoms with Crippen molar-refractivity contribution in [1.29, 1.82) is 0 Å². The number of nitrogens with zero attached hydrogens (tertiary/aromatic N) is 3. The predicted molar refractivity (Wildman–Crippen MR) is 98.4 cm³/mol. The Morgan fingerprint density at radius 2 is 2.23 bits per heavy atom. The van der Waals surface area contributed by atoms with Gasteiger partial charge >= 0.3 is 0 Å². The van der Waals surface area contributed by atoms with Crippen LogP contribution in [0.25, 0.3) is 0 Å². The summed E-state index contributed by atoms with van der Waals surface area (Å²) >= 11 is 0. The molecular formula is C19H26N4O3. The molecule has 1 fully saturated rings. The molecule has 0 radical (unpaired) electrons. The summed E-state index contributed by atoms with van der Waals surface area (Å²) < 4.78 is 10.7. The van der Waals surface area contributed by atoms with Crippen molar-refractivity contribution in [1.82, 2.24) is 15.0 Å². The molecule has 2 unspecified atom stereocenters. The standard InChI is InChI=1S/C19H26N4O3/c1-12-7-8-17(25-4)16(10-12)21-18(24)13(2)23-9-5-6-15(11-23)19-20-14(3)22-26-19/h7-8,10,13,15H,5-6,9,11H2,1-4H3,(H,21,24). The third-order valence-corrected chi connectivity index (χ3v) is 4.89. The van der Waals surface area contributed by atoms with Gasteiger partial charge in [-0.05, 0) is 57.9 Å². The number of carbonyl (C=O) groups is 1. The second-order valence-electron chi connectivity index (χ2n) is 6.88. The monoisotopic (exact) mass is 358 g/mol. The second kappa shape index (κ2) is 7.86. The van der Waals surface area contributed by atoms with Gasteiger partial charge in [0.1, 0.15) is 5.75 Å². The molecule has 0 saturated carbocycles. The molecule has 0 bridgehead atoms. The van der Waals surface area contributed by atoms with Crippen LogP contribution in [0.5, 0.6) is 5.75 Å². The van der Waals surface area contributed by atoms with Gasteiger partial charge in [-0.3, -0.25) is 9.69 Å². The Balaban J connectivity index is 1.67. The number of aryl methyl sites for hydroxylation is 2. The van der Waals surface area contributed by atoms with E-state index in [0.29, 0.717) is 23.2 Å². The largest absolute Gasteiger partial charge is 0.495 e. The zero-order valence-corrected chi connectivity index (χ0v) is 15.8. The molecule has 1 saturated heterocycles. The fourth-order valence-corrected chi connectivity index (χ4v) is 3.36. The van der Waals surface area contributed by atoms with Crippen LogP contribution in [0.3, 0.4) is 0 Å². The first kappa shape index (κ1) is 18.4. The maximum atomic E-state index is 12.8. The molecule has 0 aliphatic carbocycles. The van der Waals surface area contributed by atoms with E-state index < -0.39 is 0 Å². The quantitative estimate of drug-likeness (QED) is 0.885. The highest BCUT2D eigenvalue weighted by atomic mass is 16.5. The van der Waals surface area contributed by atoms with Crippen molar-refractivity contribution in [3.8, 4) is 5.75 Å². The minimum absolute atomic E-state index is 0.0451. The Bertz CT molecular complexity index is 774. The van der Waals surface area contributed by atoms with Crippen molar-refractivity contribution < 1.29 is 14.1 Å². The molecular weight excluding hydrogens is 332 g/mol. The summed E-state index contributed by atoms with van der Waals surface area (Å²) in [5, 5.41) is 6.88. The van der Waals surface area contributed by atoms with Crippen molar-refractivity contribution in [2.45, 2.75) is 45.6 Å². The van der Waals surface area contributed by atoms with Crippen molar-refractivity contribution in [2.75, 3.05) is 25.5 Å². The topological polar surface area (TPSA) is 80.5 Å². The zero-order chi connectivity index (χ0) is 18.7. The van der Waals surface area contributed by atoms with E-state index in [4.69, 9.17) is 9.26 Å². The second-order valence-corrected chi connectivity index (χ2v) is 6.88. The van der Waals surface area contributed by atoms with Gasteiger partial charge in [0.15, 0.2) is 5.82 Å². The lowest BCUT2D eigenvalue weighted by Gasteiger charge is -2.34. The van der Waals surface area contributed by atoms with Crippen LogP contribution in [0, 0.1) is 13.8 Å². The van der Waals surface area contributed by atoms with E-state index in [0.717, 1.165) is 31.5 Å². The van der Waals surface area contributed by atoms with Crippen LogP contribution >= 0.6 is 0 Å². The first-order chi connectivity index (χ1) is 12.5. The highest BCUT2D eigenvalue weighted by Gasteiger charge is 2.31. The molecule has 7 heteroatoms. The number of piperidine rings is 1. The van der Waals surface area contributed by atoms with Gasteiger partial charge < -0.3 is 14.6 Å². The molecule has 3 rings (SSSR count). The first-order valence-electron chi connectivity index (χ1n) is 8.97. The highest BCUT2D eigenvalue weighted by molar-refractivity contribution is 5.96. The van der Waals surface area contributed by atoms with E-state index >= 15 is 0 Å². The zero-order valence-electron chi connectivity index (χ0n) is 15.8. The highest BCUT2D eigenvalue weighted by Crippen LogP contribution is 2.28. The van der Waals surface area contributed by atoms with E-state index in [9.17, 15) is 4.79 Å². The molecule has 26 heavy (non-hydrogen) atoms. The molecule has 1 aliphatic rings. The molecule has 1 amide bonds. The number of ether oxygens (including phenoxy) is 1. The maximum absolute atomic E-state index is 12.8. The molecule has 2 heterocycles. The number of methoxy groups -OCH3 is 1. The first-order valence-corrected chi connectivity index (χ1v) is 8.97. The summed E-state index contributed by atoms with van der Waals surface area (Å²) in [6, 6.07) is 5.49. The van der Waals surface area contributed by atoms with Gasteiger partial charge in [-0.25, -0.2) is 0 Å². The van der Waals surface area contributed by atoms with E-state index in [-0.39, 0.29) is 17.9 Å². The molecule has 2 atom stereocenters. The average molecular weight is 358 g/mol. The van der Waals surface area contributed by atoms with Crippen LogP contribution in [0.2, 0.25) is 0 Å². The summed E-state index contributed by atoms with van der Waals surface area (Å²) in [7, 11) is 1.60. The Kier molecular flexibility index (Phi) is 5.56. The smallest absolute Gasteiger partial charge is 0.241 e. The molecule has 7 nitrogen and oxygen atoms in total. The fraction of sp³-hybridized carbons (Fsp3) is 0.526. The maximum Gasteiger partial charge on any atom is 0.241 e. The van der Waals surface area contributed by atoms with E-state index in [2.05, 4.69) is 20.4 Å². The van der Waals surface area contributed by atoms with Gasteiger partial charge in [0.2, 0.25) is 11.8 Å². The summed E-state index contributed by atoms with van der Waals surface area (Å²) in [5.41, 5.74) is 1.77. The third-order valence-electron chi connectivity index (χ3n) is 4.89. The average Bonchev–Trinajstić information content (AvgIpc) is 3.08. The summed E-state index contributed by atoms with van der Waals surface area (Å²) in [6.45, 7) is 7.35. The number of aromatic nitrogens is 2. The minimum Gasteiger partial charge on any atom is -0.495 e. The molecule has 1 aliphatic heterocycles. The Morgan fingerprint density at radius 1 is 1.42 bits per heavy atom. The van der Waals surface area contributed by atoms with Gasteiger partial charge in [-0.2, -0.15) is 4.98 Å². The van der Waals surface area contributed by atoms with Gasteiger partial charge in [0.05, 0.1) is 24.8 Å². The van der Waals surface area contributed by atoms with Gasteiger partial charge in [0, 0.05) is 6.54 Å². The Hall–Kier alpha value is -2.41. The predicted octanol–water partition coefficient (Wildman–Crippen LogP) is 2.90. The van der Waals surface area contributed by atoms with Crippen LogP contribution in [0.1, 0.15) is 43.0 Å².